The third kappa shape index (κ3) is 6.83. The highest BCUT2D eigenvalue weighted by Gasteiger charge is 2.13. The van der Waals surface area contributed by atoms with Crippen molar-refractivity contribution in [2.45, 2.75) is 40.2 Å². The molecule has 1 aromatic carbocycles. The van der Waals surface area contributed by atoms with E-state index in [4.69, 9.17) is 14.2 Å². The molecule has 1 aromatic heterocycles. The minimum absolute atomic E-state index is 0.462. The van der Waals surface area contributed by atoms with Gasteiger partial charge in [-0.2, -0.15) is 0 Å². The van der Waals surface area contributed by atoms with E-state index in [1.807, 2.05) is 30.3 Å². The molecule has 2 N–H and O–H groups in total. The number of aliphatic imine (C=N–C) groups is 1. The van der Waals surface area contributed by atoms with Crippen LogP contribution in [0.15, 0.2) is 41.5 Å². The number of guanidine groups is 1. The van der Waals surface area contributed by atoms with E-state index in [2.05, 4.69) is 41.4 Å². The van der Waals surface area contributed by atoms with Crippen LogP contribution in [0.1, 0.15) is 39.2 Å². The van der Waals surface area contributed by atoms with Crippen molar-refractivity contribution < 1.29 is 14.2 Å². The molecule has 0 aliphatic heterocycles. The maximum Gasteiger partial charge on any atom is 0.219 e. The Hall–Kier alpha value is -2.96. The van der Waals surface area contributed by atoms with Crippen LogP contribution >= 0.6 is 0 Å². The fourth-order valence-corrected chi connectivity index (χ4v) is 2.92. The lowest BCUT2D eigenvalue weighted by molar-refractivity contribution is 0.342. The maximum atomic E-state index is 5.91. The van der Waals surface area contributed by atoms with Crippen molar-refractivity contribution in [2.24, 2.45) is 10.9 Å². The summed E-state index contributed by atoms with van der Waals surface area (Å²) >= 11 is 0. The van der Waals surface area contributed by atoms with Crippen LogP contribution in [0.3, 0.4) is 0 Å². The number of nitrogens with one attached hydrogen (secondary N) is 2. The Morgan fingerprint density at radius 2 is 1.70 bits per heavy atom. The standard InChI is InChI=1S/C23H34N4O3/c1-6-17(7-2)14-26-23(24-8-3)27-16-18-12-13-21(25-15-18)30-22-19(28-4)10-9-11-20(22)29-5/h9-13,15,17H,6-8,14,16H2,1-5H3,(H2,24,26,27). The zero-order chi connectivity index (χ0) is 21.8. The Morgan fingerprint density at radius 1 is 1.00 bits per heavy atom. The van der Waals surface area contributed by atoms with Gasteiger partial charge in [-0.1, -0.05) is 38.8 Å². The van der Waals surface area contributed by atoms with Gasteiger partial charge in [-0.25, -0.2) is 9.98 Å². The van der Waals surface area contributed by atoms with Crippen LogP contribution in [-0.4, -0.2) is 38.3 Å². The van der Waals surface area contributed by atoms with Gasteiger partial charge in [0, 0.05) is 25.4 Å². The largest absolute Gasteiger partial charge is 0.493 e. The van der Waals surface area contributed by atoms with Gasteiger partial charge in [0.25, 0.3) is 0 Å². The normalized spacial score (nSPS) is 11.3. The molecule has 7 nitrogen and oxygen atoms in total. The molecule has 164 valence electrons. The lowest BCUT2D eigenvalue weighted by Crippen LogP contribution is -2.39. The average Bonchev–Trinajstić information content (AvgIpc) is 2.79. The summed E-state index contributed by atoms with van der Waals surface area (Å²) in [5, 5.41) is 6.72. The summed E-state index contributed by atoms with van der Waals surface area (Å²) < 4.78 is 16.6. The average molecular weight is 415 g/mol. The first kappa shape index (κ1) is 23.3. The second-order valence-electron chi connectivity index (χ2n) is 6.86. The van der Waals surface area contributed by atoms with Crippen molar-refractivity contribution >= 4 is 5.96 Å². The quantitative estimate of drug-likeness (QED) is 0.420. The second kappa shape index (κ2) is 12.6. The lowest BCUT2D eigenvalue weighted by atomic mass is 10.0. The monoisotopic (exact) mass is 414 g/mol. The van der Waals surface area contributed by atoms with Gasteiger partial charge in [0.2, 0.25) is 11.6 Å². The first-order chi connectivity index (χ1) is 14.6. The van der Waals surface area contributed by atoms with Gasteiger partial charge in [0.1, 0.15) is 0 Å². The topological polar surface area (TPSA) is 77.0 Å². The molecule has 0 spiro atoms. The number of rotatable bonds is 11. The van der Waals surface area contributed by atoms with Crippen molar-refractivity contribution in [1.82, 2.24) is 15.6 Å². The van der Waals surface area contributed by atoms with E-state index < -0.39 is 0 Å². The highest BCUT2D eigenvalue weighted by Crippen LogP contribution is 2.39. The molecule has 0 atom stereocenters. The molecule has 1 heterocycles. The number of pyridine rings is 1. The molecule has 2 rings (SSSR count). The number of hydrogen-bond donors (Lipinski definition) is 2. The number of ether oxygens (including phenoxy) is 3. The molecule has 0 bridgehead atoms. The van der Waals surface area contributed by atoms with E-state index in [1.54, 1.807) is 20.4 Å². The van der Waals surface area contributed by atoms with Crippen molar-refractivity contribution in [1.29, 1.82) is 0 Å². The highest BCUT2D eigenvalue weighted by atomic mass is 16.5. The number of nitrogens with zero attached hydrogens (tertiary/aromatic N) is 2. The van der Waals surface area contributed by atoms with Crippen LogP contribution in [0, 0.1) is 5.92 Å². The zero-order valence-electron chi connectivity index (χ0n) is 18.7. The Kier molecular flexibility index (Phi) is 9.77. The van der Waals surface area contributed by atoms with Gasteiger partial charge >= 0.3 is 0 Å². The van der Waals surface area contributed by atoms with Gasteiger partial charge in [0.15, 0.2) is 17.5 Å². The van der Waals surface area contributed by atoms with Gasteiger partial charge in [0.05, 0.1) is 20.8 Å². The fraction of sp³-hybridized carbons (Fsp3) is 0.478. The number of aromatic nitrogens is 1. The second-order valence-corrected chi connectivity index (χ2v) is 6.86. The number of hydrogen-bond acceptors (Lipinski definition) is 5. The summed E-state index contributed by atoms with van der Waals surface area (Å²) in [6.07, 6.45) is 4.09. The Balaban J connectivity index is 2.04. The van der Waals surface area contributed by atoms with Crippen LogP contribution in [-0.2, 0) is 6.54 Å². The van der Waals surface area contributed by atoms with Gasteiger partial charge in [-0.3, -0.25) is 0 Å². The summed E-state index contributed by atoms with van der Waals surface area (Å²) in [5.41, 5.74) is 0.995. The van der Waals surface area contributed by atoms with Crippen molar-refractivity contribution in [2.75, 3.05) is 27.3 Å². The molecule has 0 radical (unpaired) electrons. The lowest BCUT2D eigenvalue weighted by Gasteiger charge is -2.16. The van der Waals surface area contributed by atoms with Crippen LogP contribution in [0.25, 0.3) is 0 Å². The van der Waals surface area contributed by atoms with E-state index in [-0.39, 0.29) is 0 Å². The van der Waals surface area contributed by atoms with E-state index in [0.29, 0.717) is 35.6 Å². The van der Waals surface area contributed by atoms with Crippen molar-refractivity contribution in [3.63, 3.8) is 0 Å². The minimum Gasteiger partial charge on any atom is -0.493 e. The molecule has 0 aliphatic rings. The summed E-state index contributed by atoms with van der Waals surface area (Å²) in [4.78, 5) is 9.07. The van der Waals surface area contributed by atoms with Gasteiger partial charge in [-0.05, 0) is 30.5 Å². The number of para-hydroxylation sites is 1. The maximum absolute atomic E-state index is 5.91. The fourth-order valence-electron chi connectivity index (χ4n) is 2.92. The van der Waals surface area contributed by atoms with Gasteiger partial charge < -0.3 is 24.8 Å². The Labute approximate surface area is 179 Å². The third-order valence-electron chi connectivity index (χ3n) is 4.86. The number of methoxy groups -OCH3 is 2. The summed E-state index contributed by atoms with van der Waals surface area (Å²) in [6, 6.07) is 9.26. The SMILES string of the molecule is CCNC(=NCc1ccc(Oc2c(OC)cccc2OC)nc1)NCC(CC)CC. The molecule has 0 fully saturated rings. The van der Waals surface area contributed by atoms with E-state index >= 15 is 0 Å². The zero-order valence-corrected chi connectivity index (χ0v) is 18.7. The molecule has 0 aliphatic carbocycles. The smallest absolute Gasteiger partial charge is 0.219 e. The molecule has 30 heavy (non-hydrogen) atoms. The first-order valence-electron chi connectivity index (χ1n) is 10.5. The van der Waals surface area contributed by atoms with Crippen LogP contribution in [0.4, 0.5) is 0 Å². The van der Waals surface area contributed by atoms with Crippen molar-refractivity contribution in [3.8, 4) is 23.1 Å². The predicted molar refractivity (Wildman–Crippen MR) is 121 cm³/mol. The van der Waals surface area contributed by atoms with E-state index in [9.17, 15) is 0 Å². The summed E-state index contributed by atoms with van der Waals surface area (Å²) in [6.45, 7) is 8.77. The third-order valence-corrected chi connectivity index (χ3v) is 4.86. The van der Waals surface area contributed by atoms with Crippen LogP contribution < -0.4 is 24.8 Å². The summed E-state index contributed by atoms with van der Waals surface area (Å²) in [7, 11) is 3.19. The van der Waals surface area contributed by atoms with Crippen molar-refractivity contribution in [3.05, 3.63) is 42.1 Å². The molecule has 0 saturated heterocycles. The first-order valence-corrected chi connectivity index (χ1v) is 10.5. The Bertz CT molecular complexity index is 767. The number of benzene rings is 1. The Morgan fingerprint density at radius 3 is 2.23 bits per heavy atom. The molecule has 2 aromatic rings. The van der Waals surface area contributed by atoms with E-state index in [0.717, 1.165) is 37.5 Å². The highest BCUT2D eigenvalue weighted by molar-refractivity contribution is 5.79. The predicted octanol–water partition coefficient (Wildman–Crippen LogP) is 4.38. The molecule has 0 amide bonds. The minimum atomic E-state index is 0.462. The molecular formula is C23H34N4O3. The van der Waals surface area contributed by atoms with Crippen LogP contribution in [0.5, 0.6) is 23.1 Å². The molecule has 0 unspecified atom stereocenters. The molecular weight excluding hydrogens is 380 g/mol. The van der Waals surface area contributed by atoms with E-state index in [1.165, 1.54) is 0 Å². The molecule has 7 heteroatoms. The summed E-state index contributed by atoms with van der Waals surface area (Å²) in [5.74, 6) is 3.61. The van der Waals surface area contributed by atoms with Crippen LogP contribution in [0.2, 0.25) is 0 Å². The molecule has 0 saturated carbocycles. The van der Waals surface area contributed by atoms with Gasteiger partial charge in [-0.15, -0.1) is 0 Å².